The van der Waals surface area contributed by atoms with E-state index in [9.17, 15) is 8.60 Å². The third kappa shape index (κ3) is 4.59. The van der Waals surface area contributed by atoms with Crippen LogP contribution in [-0.4, -0.2) is 46.8 Å². The van der Waals surface area contributed by atoms with Crippen LogP contribution in [0.5, 0.6) is 0 Å². The van der Waals surface area contributed by atoms with Gasteiger partial charge in [0.05, 0.1) is 0 Å². The van der Waals surface area contributed by atoms with Crippen molar-refractivity contribution < 1.29 is 8.60 Å². The standard InChI is InChI=1S/C16H25FN2OS/c1-3-18-16(14-6-4-5-7-15(14)17)13(2)12-19-8-10-21(20)11-9-19/h4-7,13,16,18H,3,8-12H2,1-2H3. The second kappa shape index (κ2) is 8.01. The van der Waals surface area contributed by atoms with Gasteiger partial charge in [0, 0.05) is 53.5 Å². The lowest BCUT2D eigenvalue weighted by Crippen LogP contribution is -2.42. The minimum absolute atomic E-state index is 0.0172. The van der Waals surface area contributed by atoms with Gasteiger partial charge in [-0.2, -0.15) is 0 Å². The molecule has 1 aliphatic rings. The maximum atomic E-state index is 14.1. The highest BCUT2D eigenvalue weighted by Crippen LogP contribution is 2.25. The van der Waals surface area contributed by atoms with Crippen LogP contribution >= 0.6 is 0 Å². The van der Waals surface area contributed by atoms with Crippen molar-refractivity contribution in [1.29, 1.82) is 0 Å². The number of hydrogen-bond donors (Lipinski definition) is 1. The van der Waals surface area contributed by atoms with Gasteiger partial charge < -0.3 is 10.2 Å². The largest absolute Gasteiger partial charge is 0.310 e. The Kier molecular flexibility index (Phi) is 6.33. The Balaban J connectivity index is 2.04. The van der Waals surface area contributed by atoms with Crippen molar-refractivity contribution in [3.63, 3.8) is 0 Å². The molecule has 1 aliphatic heterocycles. The molecule has 1 saturated heterocycles. The molecule has 0 aliphatic carbocycles. The first-order chi connectivity index (χ1) is 10.1. The molecule has 0 spiro atoms. The Morgan fingerprint density at radius 3 is 2.62 bits per heavy atom. The summed E-state index contributed by atoms with van der Waals surface area (Å²) < 4.78 is 25.5. The van der Waals surface area contributed by atoms with Crippen LogP contribution in [0, 0.1) is 11.7 Å². The molecule has 1 aromatic carbocycles. The van der Waals surface area contributed by atoms with E-state index in [1.165, 1.54) is 6.07 Å². The number of hydrogen-bond acceptors (Lipinski definition) is 3. The molecular weight excluding hydrogens is 287 g/mol. The molecule has 1 heterocycles. The Hall–Kier alpha value is -0.780. The minimum atomic E-state index is -0.647. The molecule has 5 heteroatoms. The second-order valence-electron chi connectivity index (χ2n) is 5.68. The first kappa shape index (κ1) is 16.6. The third-order valence-electron chi connectivity index (χ3n) is 4.05. The highest BCUT2D eigenvalue weighted by molar-refractivity contribution is 7.85. The molecule has 0 radical (unpaired) electrons. The third-order valence-corrected chi connectivity index (χ3v) is 5.33. The number of nitrogens with one attached hydrogen (secondary N) is 1. The van der Waals surface area contributed by atoms with Gasteiger partial charge in [-0.25, -0.2) is 4.39 Å². The summed E-state index contributed by atoms with van der Waals surface area (Å²) in [4.78, 5) is 2.34. The van der Waals surface area contributed by atoms with Crippen molar-refractivity contribution in [2.24, 2.45) is 5.92 Å². The van der Waals surface area contributed by atoms with Crippen LogP contribution in [0.3, 0.4) is 0 Å². The molecule has 21 heavy (non-hydrogen) atoms. The number of nitrogens with zero attached hydrogens (tertiary/aromatic N) is 1. The molecule has 118 valence electrons. The molecule has 0 bridgehead atoms. The lowest BCUT2D eigenvalue weighted by atomic mass is 9.93. The lowest BCUT2D eigenvalue weighted by Gasteiger charge is -2.33. The van der Waals surface area contributed by atoms with Crippen LogP contribution in [0.15, 0.2) is 24.3 Å². The Bertz CT molecular complexity index is 473. The van der Waals surface area contributed by atoms with Gasteiger partial charge in [0.25, 0.3) is 0 Å². The second-order valence-corrected chi connectivity index (χ2v) is 7.38. The first-order valence-electron chi connectivity index (χ1n) is 7.67. The fraction of sp³-hybridized carbons (Fsp3) is 0.625. The van der Waals surface area contributed by atoms with Crippen molar-refractivity contribution in [2.75, 3.05) is 37.7 Å². The van der Waals surface area contributed by atoms with Crippen LogP contribution in [-0.2, 0) is 10.8 Å². The smallest absolute Gasteiger partial charge is 0.127 e. The molecule has 3 nitrogen and oxygen atoms in total. The van der Waals surface area contributed by atoms with E-state index in [4.69, 9.17) is 0 Å². The average Bonchev–Trinajstić information content (AvgIpc) is 2.48. The molecule has 0 amide bonds. The SMILES string of the molecule is CCNC(c1ccccc1F)C(C)CN1CCS(=O)CC1. The van der Waals surface area contributed by atoms with Crippen LogP contribution in [0.4, 0.5) is 4.39 Å². The van der Waals surface area contributed by atoms with Gasteiger partial charge in [0.2, 0.25) is 0 Å². The number of benzene rings is 1. The van der Waals surface area contributed by atoms with Crippen LogP contribution in [0.25, 0.3) is 0 Å². The summed E-state index contributed by atoms with van der Waals surface area (Å²) in [7, 11) is -0.647. The predicted molar refractivity (Wildman–Crippen MR) is 86.3 cm³/mol. The molecule has 0 aromatic heterocycles. The zero-order valence-electron chi connectivity index (χ0n) is 12.8. The quantitative estimate of drug-likeness (QED) is 0.874. The van der Waals surface area contributed by atoms with E-state index in [1.807, 2.05) is 19.1 Å². The van der Waals surface area contributed by atoms with Crippen molar-refractivity contribution in [3.05, 3.63) is 35.6 Å². The topological polar surface area (TPSA) is 32.3 Å². The molecular formula is C16H25FN2OS. The van der Waals surface area contributed by atoms with E-state index in [0.29, 0.717) is 5.92 Å². The van der Waals surface area contributed by atoms with E-state index >= 15 is 0 Å². The monoisotopic (exact) mass is 312 g/mol. The first-order valence-corrected chi connectivity index (χ1v) is 9.15. The Labute approximate surface area is 129 Å². The fourth-order valence-corrected chi connectivity index (χ4v) is 4.06. The van der Waals surface area contributed by atoms with E-state index in [0.717, 1.165) is 43.2 Å². The van der Waals surface area contributed by atoms with Crippen LogP contribution in [0.2, 0.25) is 0 Å². The Morgan fingerprint density at radius 2 is 2.00 bits per heavy atom. The zero-order valence-corrected chi connectivity index (χ0v) is 13.7. The van der Waals surface area contributed by atoms with E-state index in [2.05, 4.69) is 17.1 Å². The highest BCUT2D eigenvalue weighted by atomic mass is 32.2. The number of rotatable bonds is 6. The molecule has 2 unspecified atom stereocenters. The molecule has 1 fully saturated rings. The van der Waals surface area contributed by atoms with Gasteiger partial charge in [-0.05, 0) is 18.5 Å². The van der Waals surface area contributed by atoms with Crippen molar-refractivity contribution in [3.8, 4) is 0 Å². The van der Waals surface area contributed by atoms with Crippen LogP contribution < -0.4 is 5.32 Å². The summed E-state index contributed by atoms with van der Waals surface area (Å²) in [5.41, 5.74) is 0.743. The van der Waals surface area contributed by atoms with E-state index in [-0.39, 0.29) is 11.9 Å². The number of halogens is 1. The van der Waals surface area contributed by atoms with Crippen LogP contribution in [0.1, 0.15) is 25.5 Å². The fourth-order valence-electron chi connectivity index (χ4n) is 2.94. The van der Waals surface area contributed by atoms with E-state index in [1.54, 1.807) is 6.07 Å². The highest BCUT2D eigenvalue weighted by Gasteiger charge is 2.24. The normalized spacial score (nSPS) is 20.3. The molecule has 2 rings (SSSR count). The summed E-state index contributed by atoms with van der Waals surface area (Å²) in [6, 6.07) is 7.02. The van der Waals surface area contributed by atoms with Gasteiger partial charge >= 0.3 is 0 Å². The molecule has 0 saturated carbocycles. The van der Waals surface area contributed by atoms with Gasteiger partial charge in [0.15, 0.2) is 0 Å². The summed E-state index contributed by atoms with van der Waals surface area (Å²) >= 11 is 0. The summed E-state index contributed by atoms with van der Waals surface area (Å²) in [5.74, 6) is 1.68. The average molecular weight is 312 g/mol. The van der Waals surface area contributed by atoms with Crippen molar-refractivity contribution in [2.45, 2.75) is 19.9 Å². The van der Waals surface area contributed by atoms with Crippen molar-refractivity contribution in [1.82, 2.24) is 10.2 Å². The predicted octanol–water partition coefficient (Wildman–Crippen LogP) is 2.18. The van der Waals surface area contributed by atoms with Gasteiger partial charge in [-0.15, -0.1) is 0 Å². The zero-order chi connectivity index (χ0) is 15.2. The van der Waals surface area contributed by atoms with E-state index < -0.39 is 10.8 Å². The molecule has 1 N–H and O–H groups in total. The van der Waals surface area contributed by atoms with Crippen molar-refractivity contribution >= 4 is 10.8 Å². The van der Waals surface area contributed by atoms with Gasteiger partial charge in [-0.1, -0.05) is 32.0 Å². The van der Waals surface area contributed by atoms with Gasteiger partial charge in [0.1, 0.15) is 5.82 Å². The van der Waals surface area contributed by atoms with Gasteiger partial charge in [-0.3, -0.25) is 4.21 Å². The maximum Gasteiger partial charge on any atom is 0.127 e. The Morgan fingerprint density at radius 1 is 1.33 bits per heavy atom. The lowest BCUT2D eigenvalue weighted by molar-refractivity contribution is 0.225. The summed E-state index contributed by atoms with van der Waals surface area (Å²) in [5, 5.41) is 3.41. The molecule has 2 atom stereocenters. The summed E-state index contributed by atoms with van der Waals surface area (Å²) in [6.45, 7) is 7.69. The summed E-state index contributed by atoms with van der Waals surface area (Å²) in [6.07, 6.45) is 0. The molecule has 1 aromatic rings. The minimum Gasteiger partial charge on any atom is -0.310 e. The maximum absolute atomic E-state index is 14.1.